The summed E-state index contributed by atoms with van der Waals surface area (Å²) in [4.78, 5) is 0. The second-order valence-electron chi connectivity index (χ2n) is 4.27. The average molecular weight is 360 g/mol. The molecule has 0 aliphatic rings. The van der Waals surface area contributed by atoms with Crippen LogP contribution in [0, 0.1) is 6.92 Å². The third-order valence-corrected chi connectivity index (χ3v) is 4.18. The van der Waals surface area contributed by atoms with Crippen LogP contribution in [0.5, 0.6) is 5.75 Å². The van der Waals surface area contributed by atoms with Gasteiger partial charge in [-0.15, -0.1) is 11.6 Å². The second kappa shape index (κ2) is 6.17. The molecule has 0 aromatic heterocycles. The molecule has 0 heterocycles. The van der Waals surface area contributed by atoms with Crippen LogP contribution in [0.3, 0.4) is 0 Å². The first-order chi connectivity index (χ1) is 9.02. The fraction of sp³-hybridized carbons (Fsp3) is 0.200. The lowest BCUT2D eigenvalue weighted by Gasteiger charge is -2.16. The Bertz CT molecular complexity index is 599. The number of hydrogen-bond acceptors (Lipinski definition) is 1. The molecule has 0 spiro atoms. The van der Waals surface area contributed by atoms with E-state index < -0.39 is 0 Å². The van der Waals surface area contributed by atoms with Gasteiger partial charge in [-0.2, -0.15) is 0 Å². The van der Waals surface area contributed by atoms with Gasteiger partial charge in [0.1, 0.15) is 5.75 Å². The van der Waals surface area contributed by atoms with Crippen molar-refractivity contribution in [2.75, 3.05) is 7.11 Å². The molecule has 0 fully saturated rings. The molecule has 0 N–H and O–H groups in total. The summed E-state index contributed by atoms with van der Waals surface area (Å²) >= 11 is 16.3. The molecule has 1 atom stereocenters. The number of benzene rings is 2. The smallest absolute Gasteiger partial charge is 0.123 e. The first-order valence-electron chi connectivity index (χ1n) is 5.76. The second-order valence-corrected chi connectivity index (χ2v) is 6.03. The SMILES string of the molecule is COc1ccc(Br)cc1C(Cl)c1ccc(C)cc1Cl. The lowest BCUT2D eigenvalue weighted by molar-refractivity contribution is 0.410. The van der Waals surface area contributed by atoms with E-state index in [4.69, 9.17) is 27.9 Å². The molecule has 0 saturated heterocycles. The highest BCUT2D eigenvalue weighted by molar-refractivity contribution is 9.10. The Morgan fingerprint density at radius 3 is 2.47 bits per heavy atom. The summed E-state index contributed by atoms with van der Waals surface area (Å²) in [5.74, 6) is 0.750. The van der Waals surface area contributed by atoms with Crippen LogP contribution in [0.4, 0.5) is 0 Å². The van der Waals surface area contributed by atoms with Crippen molar-refractivity contribution in [1.82, 2.24) is 0 Å². The number of aryl methyl sites for hydroxylation is 1. The molecule has 19 heavy (non-hydrogen) atoms. The van der Waals surface area contributed by atoms with E-state index in [1.807, 2.05) is 43.3 Å². The molecule has 2 aromatic rings. The molecule has 2 aromatic carbocycles. The van der Waals surface area contributed by atoms with Crippen molar-refractivity contribution < 1.29 is 4.74 Å². The number of methoxy groups -OCH3 is 1. The van der Waals surface area contributed by atoms with Crippen molar-refractivity contribution in [1.29, 1.82) is 0 Å². The minimum absolute atomic E-state index is 0.347. The van der Waals surface area contributed by atoms with E-state index in [0.717, 1.165) is 26.9 Å². The van der Waals surface area contributed by atoms with Crippen LogP contribution in [0.25, 0.3) is 0 Å². The Kier molecular flexibility index (Phi) is 4.77. The van der Waals surface area contributed by atoms with Crippen molar-refractivity contribution in [3.63, 3.8) is 0 Å². The van der Waals surface area contributed by atoms with E-state index in [2.05, 4.69) is 15.9 Å². The van der Waals surface area contributed by atoms with Crippen LogP contribution in [-0.4, -0.2) is 7.11 Å². The van der Waals surface area contributed by atoms with Gasteiger partial charge in [0.15, 0.2) is 0 Å². The Balaban J connectivity index is 2.49. The number of alkyl halides is 1. The first-order valence-corrected chi connectivity index (χ1v) is 7.37. The average Bonchev–Trinajstić information content (AvgIpc) is 2.38. The van der Waals surface area contributed by atoms with Crippen LogP contribution in [0.15, 0.2) is 40.9 Å². The predicted molar refractivity (Wildman–Crippen MR) is 84.6 cm³/mol. The molecule has 1 nitrogen and oxygen atoms in total. The summed E-state index contributed by atoms with van der Waals surface area (Å²) in [6.45, 7) is 2.00. The maximum absolute atomic E-state index is 6.56. The summed E-state index contributed by atoms with van der Waals surface area (Å²) in [6, 6.07) is 11.6. The van der Waals surface area contributed by atoms with Gasteiger partial charge in [0.2, 0.25) is 0 Å². The molecule has 0 amide bonds. The molecule has 2 rings (SSSR count). The standard InChI is InChI=1S/C15H13BrCl2O/c1-9-3-5-11(13(17)7-9)15(18)12-8-10(16)4-6-14(12)19-2/h3-8,15H,1-2H3. The summed E-state index contributed by atoms with van der Waals surface area (Å²) in [5.41, 5.74) is 2.88. The number of halogens is 3. The summed E-state index contributed by atoms with van der Waals surface area (Å²) in [7, 11) is 1.63. The van der Waals surface area contributed by atoms with E-state index in [9.17, 15) is 0 Å². The highest BCUT2D eigenvalue weighted by Crippen LogP contribution is 2.39. The maximum Gasteiger partial charge on any atom is 0.123 e. The molecule has 0 radical (unpaired) electrons. The molecular formula is C15H13BrCl2O. The van der Waals surface area contributed by atoms with Gasteiger partial charge < -0.3 is 4.74 Å². The molecule has 0 bridgehead atoms. The lowest BCUT2D eigenvalue weighted by atomic mass is 10.0. The van der Waals surface area contributed by atoms with Gasteiger partial charge in [0.05, 0.1) is 12.5 Å². The molecule has 0 saturated carbocycles. The van der Waals surface area contributed by atoms with Gasteiger partial charge in [0, 0.05) is 15.1 Å². The Morgan fingerprint density at radius 2 is 1.84 bits per heavy atom. The number of rotatable bonds is 3. The van der Waals surface area contributed by atoms with E-state index in [1.165, 1.54) is 0 Å². The highest BCUT2D eigenvalue weighted by Gasteiger charge is 2.18. The van der Waals surface area contributed by atoms with Crippen LogP contribution < -0.4 is 4.74 Å². The topological polar surface area (TPSA) is 9.23 Å². The molecule has 0 aliphatic heterocycles. The van der Waals surface area contributed by atoms with Crippen molar-refractivity contribution in [3.05, 3.63) is 62.6 Å². The van der Waals surface area contributed by atoms with Crippen LogP contribution in [0.1, 0.15) is 22.1 Å². The minimum Gasteiger partial charge on any atom is -0.496 e. The Hall–Kier alpha value is -0.700. The van der Waals surface area contributed by atoms with E-state index in [-0.39, 0.29) is 5.38 Å². The normalized spacial score (nSPS) is 12.3. The third-order valence-electron chi connectivity index (χ3n) is 2.89. The van der Waals surface area contributed by atoms with E-state index in [1.54, 1.807) is 7.11 Å². The van der Waals surface area contributed by atoms with Gasteiger partial charge in [-0.05, 0) is 42.3 Å². The van der Waals surface area contributed by atoms with Crippen molar-refractivity contribution >= 4 is 39.1 Å². The molecular weight excluding hydrogens is 347 g/mol. The zero-order chi connectivity index (χ0) is 14.0. The van der Waals surface area contributed by atoms with Gasteiger partial charge in [-0.25, -0.2) is 0 Å². The number of ether oxygens (including phenoxy) is 1. The van der Waals surface area contributed by atoms with Crippen molar-refractivity contribution in [2.45, 2.75) is 12.3 Å². The van der Waals surface area contributed by atoms with Crippen molar-refractivity contribution in [3.8, 4) is 5.75 Å². The Morgan fingerprint density at radius 1 is 1.11 bits per heavy atom. The third kappa shape index (κ3) is 3.25. The highest BCUT2D eigenvalue weighted by atomic mass is 79.9. The summed E-state index contributed by atoms with van der Waals surface area (Å²) < 4.78 is 6.31. The molecule has 1 unspecified atom stereocenters. The van der Waals surface area contributed by atoms with Crippen LogP contribution >= 0.6 is 39.1 Å². The van der Waals surface area contributed by atoms with Gasteiger partial charge >= 0.3 is 0 Å². The monoisotopic (exact) mass is 358 g/mol. The fourth-order valence-electron chi connectivity index (χ4n) is 1.91. The van der Waals surface area contributed by atoms with Crippen molar-refractivity contribution in [2.24, 2.45) is 0 Å². The molecule has 100 valence electrons. The lowest BCUT2D eigenvalue weighted by Crippen LogP contribution is -1.98. The zero-order valence-electron chi connectivity index (χ0n) is 10.6. The molecule has 4 heteroatoms. The minimum atomic E-state index is -0.347. The maximum atomic E-state index is 6.56. The number of hydrogen-bond donors (Lipinski definition) is 0. The fourth-order valence-corrected chi connectivity index (χ4v) is 3.05. The zero-order valence-corrected chi connectivity index (χ0v) is 13.7. The van der Waals surface area contributed by atoms with E-state index >= 15 is 0 Å². The predicted octanol–water partition coefficient (Wildman–Crippen LogP) is 5.75. The van der Waals surface area contributed by atoms with E-state index in [0.29, 0.717) is 5.02 Å². The first kappa shape index (κ1) is 14.7. The van der Waals surface area contributed by atoms with Crippen LogP contribution in [0.2, 0.25) is 5.02 Å². The summed E-state index contributed by atoms with van der Waals surface area (Å²) in [5, 5.41) is 0.322. The van der Waals surface area contributed by atoms with Crippen LogP contribution in [-0.2, 0) is 0 Å². The largest absolute Gasteiger partial charge is 0.496 e. The van der Waals surface area contributed by atoms with Gasteiger partial charge in [0.25, 0.3) is 0 Å². The Labute approximate surface area is 131 Å². The summed E-state index contributed by atoms with van der Waals surface area (Å²) in [6.07, 6.45) is 0. The van der Waals surface area contributed by atoms with Gasteiger partial charge in [-0.1, -0.05) is 39.7 Å². The van der Waals surface area contributed by atoms with Gasteiger partial charge in [-0.3, -0.25) is 0 Å². The molecule has 0 aliphatic carbocycles. The quantitative estimate of drug-likeness (QED) is 0.634.